The van der Waals surface area contributed by atoms with Crippen molar-refractivity contribution >= 4 is 17.8 Å². The number of amides is 2. The van der Waals surface area contributed by atoms with Gasteiger partial charge in [0.25, 0.3) is 0 Å². The van der Waals surface area contributed by atoms with Crippen molar-refractivity contribution in [2.45, 2.75) is 19.9 Å². The summed E-state index contributed by atoms with van der Waals surface area (Å²) in [5.41, 5.74) is 0.332. The van der Waals surface area contributed by atoms with Crippen molar-refractivity contribution in [2.24, 2.45) is 0 Å². The summed E-state index contributed by atoms with van der Waals surface area (Å²) >= 11 is 0. The van der Waals surface area contributed by atoms with Gasteiger partial charge < -0.3 is 9.84 Å². The highest BCUT2D eigenvalue weighted by atomic mass is 16.5. The molecular formula is C13H15NO5. The maximum Gasteiger partial charge on any atom is 0.331 e. The molecule has 1 N–H and O–H groups in total. The van der Waals surface area contributed by atoms with Crippen LogP contribution in [0.2, 0.25) is 0 Å². The smallest absolute Gasteiger partial charge is 0.331 e. The number of methoxy groups -OCH3 is 1. The van der Waals surface area contributed by atoms with Gasteiger partial charge in [-0.25, -0.2) is 4.79 Å². The average molecular weight is 265 g/mol. The van der Waals surface area contributed by atoms with Crippen LogP contribution in [0.4, 0.5) is 0 Å². The molecule has 1 aromatic carbocycles. The van der Waals surface area contributed by atoms with Gasteiger partial charge in [0.15, 0.2) is 6.04 Å². The molecule has 0 aliphatic carbocycles. The topological polar surface area (TPSA) is 83.9 Å². The molecule has 6 nitrogen and oxygen atoms in total. The van der Waals surface area contributed by atoms with E-state index in [9.17, 15) is 19.5 Å². The Morgan fingerprint density at radius 2 is 1.58 bits per heavy atom. The summed E-state index contributed by atoms with van der Waals surface area (Å²) in [6.45, 7) is 2.31. The number of aliphatic carboxylic acids is 1. The quantitative estimate of drug-likeness (QED) is 0.884. The second kappa shape index (κ2) is 5.99. The molecule has 0 aromatic heterocycles. The molecule has 19 heavy (non-hydrogen) atoms. The van der Waals surface area contributed by atoms with Crippen LogP contribution in [-0.2, 0) is 14.4 Å². The van der Waals surface area contributed by atoms with Crippen LogP contribution in [0, 0.1) is 0 Å². The first-order valence-corrected chi connectivity index (χ1v) is 5.55. The monoisotopic (exact) mass is 265 g/mol. The number of carboxylic acid groups (broad SMARTS) is 1. The molecule has 2 amide bonds. The van der Waals surface area contributed by atoms with E-state index in [-0.39, 0.29) is 0 Å². The van der Waals surface area contributed by atoms with E-state index in [0.717, 1.165) is 13.8 Å². The summed E-state index contributed by atoms with van der Waals surface area (Å²) in [5, 5.41) is 9.24. The van der Waals surface area contributed by atoms with Gasteiger partial charge in [0.05, 0.1) is 7.11 Å². The number of hydrogen-bond acceptors (Lipinski definition) is 4. The van der Waals surface area contributed by atoms with E-state index < -0.39 is 23.8 Å². The third-order valence-electron chi connectivity index (χ3n) is 2.60. The minimum absolute atomic E-state index is 0.332. The zero-order valence-corrected chi connectivity index (χ0v) is 10.9. The summed E-state index contributed by atoms with van der Waals surface area (Å²) < 4.78 is 4.97. The number of rotatable bonds is 4. The van der Waals surface area contributed by atoms with E-state index in [2.05, 4.69) is 0 Å². The fourth-order valence-electron chi connectivity index (χ4n) is 1.77. The Kier molecular flexibility index (Phi) is 4.63. The standard InChI is InChI=1S/C13H15NO5/c1-8(15)14(9(2)16)12(13(17)18)10-4-6-11(19-3)7-5-10/h4-7,12H,1-3H3,(H,17,18). The molecule has 1 unspecified atom stereocenters. The predicted octanol–water partition coefficient (Wildman–Crippen LogP) is 1.22. The SMILES string of the molecule is COc1ccc(C(C(=O)O)N(C(C)=O)C(C)=O)cc1. The minimum atomic E-state index is -1.33. The van der Waals surface area contributed by atoms with Gasteiger partial charge in [-0.15, -0.1) is 0 Å². The third-order valence-corrected chi connectivity index (χ3v) is 2.60. The summed E-state index contributed by atoms with van der Waals surface area (Å²) in [6.07, 6.45) is 0. The third kappa shape index (κ3) is 3.31. The summed E-state index contributed by atoms with van der Waals surface area (Å²) in [5.74, 6) is -1.94. The predicted molar refractivity (Wildman–Crippen MR) is 66.6 cm³/mol. The Labute approximate surface area is 110 Å². The van der Waals surface area contributed by atoms with Crippen molar-refractivity contribution < 1.29 is 24.2 Å². The molecule has 0 spiro atoms. The van der Waals surface area contributed by atoms with Crippen LogP contribution in [0.15, 0.2) is 24.3 Å². The first-order chi connectivity index (χ1) is 8.88. The summed E-state index contributed by atoms with van der Waals surface area (Å²) in [7, 11) is 1.49. The van der Waals surface area contributed by atoms with Crippen LogP contribution in [0.1, 0.15) is 25.5 Å². The van der Waals surface area contributed by atoms with Gasteiger partial charge in [0, 0.05) is 13.8 Å². The van der Waals surface area contributed by atoms with Gasteiger partial charge in [0.1, 0.15) is 5.75 Å². The highest BCUT2D eigenvalue weighted by Gasteiger charge is 2.32. The molecule has 6 heteroatoms. The fourth-order valence-corrected chi connectivity index (χ4v) is 1.77. The molecule has 0 heterocycles. The number of benzene rings is 1. The van der Waals surface area contributed by atoms with E-state index in [1.807, 2.05) is 0 Å². The molecule has 0 saturated carbocycles. The summed E-state index contributed by atoms with van der Waals surface area (Å²) in [4.78, 5) is 34.9. The van der Waals surface area contributed by atoms with E-state index in [0.29, 0.717) is 16.2 Å². The Morgan fingerprint density at radius 1 is 1.11 bits per heavy atom. The molecule has 0 fully saturated rings. The lowest BCUT2D eigenvalue weighted by Crippen LogP contribution is -2.40. The van der Waals surface area contributed by atoms with Crippen molar-refractivity contribution in [1.29, 1.82) is 0 Å². The molecule has 1 aromatic rings. The maximum absolute atomic E-state index is 11.4. The Hall–Kier alpha value is -2.37. The van der Waals surface area contributed by atoms with Crippen LogP contribution in [0.5, 0.6) is 5.75 Å². The van der Waals surface area contributed by atoms with Crippen molar-refractivity contribution in [2.75, 3.05) is 7.11 Å². The van der Waals surface area contributed by atoms with Gasteiger partial charge in [-0.1, -0.05) is 12.1 Å². The van der Waals surface area contributed by atoms with Crippen molar-refractivity contribution in [3.8, 4) is 5.75 Å². The van der Waals surface area contributed by atoms with Gasteiger partial charge in [-0.05, 0) is 17.7 Å². The molecule has 1 atom stereocenters. The van der Waals surface area contributed by atoms with Gasteiger partial charge in [-0.2, -0.15) is 0 Å². The molecule has 0 radical (unpaired) electrons. The number of carbonyl (C=O) groups excluding carboxylic acids is 2. The van der Waals surface area contributed by atoms with Gasteiger partial charge in [-0.3, -0.25) is 14.5 Å². The number of hydrogen-bond donors (Lipinski definition) is 1. The largest absolute Gasteiger partial charge is 0.497 e. The second-order valence-electron chi connectivity index (χ2n) is 3.92. The van der Waals surface area contributed by atoms with E-state index in [1.165, 1.54) is 19.2 Å². The number of nitrogens with zero attached hydrogens (tertiary/aromatic N) is 1. The van der Waals surface area contributed by atoms with E-state index in [1.54, 1.807) is 12.1 Å². The lowest BCUT2D eigenvalue weighted by Gasteiger charge is -2.25. The van der Waals surface area contributed by atoms with Crippen molar-refractivity contribution in [3.63, 3.8) is 0 Å². The zero-order chi connectivity index (χ0) is 14.6. The van der Waals surface area contributed by atoms with Gasteiger partial charge >= 0.3 is 5.97 Å². The minimum Gasteiger partial charge on any atom is -0.497 e. The molecule has 0 bridgehead atoms. The summed E-state index contributed by atoms with van der Waals surface area (Å²) in [6, 6.07) is 4.83. The Bertz CT molecular complexity index is 480. The molecule has 0 aliphatic heterocycles. The lowest BCUT2D eigenvalue weighted by molar-refractivity contribution is -0.156. The lowest BCUT2D eigenvalue weighted by atomic mass is 10.0. The molecular weight excluding hydrogens is 250 g/mol. The van der Waals surface area contributed by atoms with Crippen molar-refractivity contribution in [1.82, 2.24) is 4.90 Å². The van der Waals surface area contributed by atoms with E-state index >= 15 is 0 Å². The molecule has 102 valence electrons. The number of carbonyl (C=O) groups is 3. The van der Waals surface area contributed by atoms with Gasteiger partial charge in [0.2, 0.25) is 11.8 Å². The van der Waals surface area contributed by atoms with Crippen LogP contribution in [0.3, 0.4) is 0 Å². The number of imide groups is 1. The first-order valence-electron chi connectivity index (χ1n) is 5.55. The van der Waals surface area contributed by atoms with Crippen LogP contribution >= 0.6 is 0 Å². The Morgan fingerprint density at radius 3 is 1.89 bits per heavy atom. The molecule has 0 saturated heterocycles. The maximum atomic E-state index is 11.4. The first kappa shape index (κ1) is 14.7. The van der Waals surface area contributed by atoms with Crippen LogP contribution in [-0.4, -0.2) is 34.9 Å². The second-order valence-corrected chi connectivity index (χ2v) is 3.92. The van der Waals surface area contributed by atoms with Crippen LogP contribution < -0.4 is 4.74 Å². The Balaban J connectivity index is 3.22. The average Bonchev–Trinajstić information content (AvgIpc) is 2.34. The normalized spacial score (nSPS) is 11.5. The van der Waals surface area contributed by atoms with Crippen LogP contribution in [0.25, 0.3) is 0 Å². The number of ether oxygens (including phenoxy) is 1. The highest BCUT2D eigenvalue weighted by Crippen LogP contribution is 2.24. The zero-order valence-electron chi connectivity index (χ0n) is 10.9. The molecule has 0 aliphatic rings. The van der Waals surface area contributed by atoms with Crippen molar-refractivity contribution in [3.05, 3.63) is 29.8 Å². The highest BCUT2D eigenvalue weighted by molar-refractivity contribution is 5.97. The van der Waals surface area contributed by atoms with E-state index in [4.69, 9.17) is 4.74 Å². The number of carboxylic acids is 1. The fraction of sp³-hybridized carbons (Fsp3) is 0.308. The molecule has 1 rings (SSSR count).